The molecule has 0 aromatic carbocycles. The Balaban J connectivity index is 2.71. The number of nitrogens with zero attached hydrogens (tertiary/aromatic N) is 1. The molecule has 0 aliphatic heterocycles. The molecule has 0 saturated carbocycles. The highest BCUT2D eigenvalue weighted by Gasteiger charge is 2.15. The summed E-state index contributed by atoms with van der Waals surface area (Å²) in [5.41, 5.74) is 0.989. The molecule has 0 radical (unpaired) electrons. The molecule has 0 amide bonds. The summed E-state index contributed by atoms with van der Waals surface area (Å²) in [7, 11) is 0. The summed E-state index contributed by atoms with van der Waals surface area (Å²) in [4.78, 5) is 4.42. The van der Waals surface area contributed by atoms with Crippen LogP contribution in [0.4, 0.5) is 0 Å². The molecule has 0 saturated heterocycles. The first-order chi connectivity index (χ1) is 8.15. The van der Waals surface area contributed by atoms with Crippen LogP contribution >= 0.6 is 11.6 Å². The smallest absolute Gasteiger partial charge is 0.0758 e. The molecule has 17 heavy (non-hydrogen) atoms. The van der Waals surface area contributed by atoms with Gasteiger partial charge in [-0.15, -0.1) is 0 Å². The maximum Gasteiger partial charge on any atom is 0.0758 e. The second kappa shape index (κ2) is 7.67. The quantitative estimate of drug-likeness (QED) is 0.788. The van der Waals surface area contributed by atoms with E-state index in [9.17, 15) is 0 Å². The molecule has 1 N–H and O–H groups in total. The Morgan fingerprint density at radius 2 is 2.12 bits per heavy atom. The van der Waals surface area contributed by atoms with Crippen molar-refractivity contribution in [2.24, 2.45) is 5.92 Å². The predicted molar refractivity (Wildman–Crippen MR) is 74.4 cm³/mol. The van der Waals surface area contributed by atoms with Gasteiger partial charge in [0.15, 0.2) is 0 Å². The summed E-state index contributed by atoms with van der Waals surface area (Å²) in [6.07, 6.45) is 5.22. The average Bonchev–Trinajstić information content (AvgIpc) is 2.30. The molecule has 0 bridgehead atoms. The first kappa shape index (κ1) is 14.5. The van der Waals surface area contributed by atoms with Crippen molar-refractivity contribution in [3.63, 3.8) is 0 Å². The van der Waals surface area contributed by atoms with Gasteiger partial charge in [-0.3, -0.25) is 4.98 Å². The Bertz CT molecular complexity index is 326. The van der Waals surface area contributed by atoms with Crippen molar-refractivity contribution >= 4 is 11.6 Å². The lowest BCUT2D eigenvalue weighted by Gasteiger charge is -2.20. The molecular formula is C14H23ClN2. The van der Waals surface area contributed by atoms with Crippen LogP contribution in [0.5, 0.6) is 0 Å². The van der Waals surface area contributed by atoms with Gasteiger partial charge in [-0.25, -0.2) is 0 Å². The largest absolute Gasteiger partial charge is 0.309 e. The van der Waals surface area contributed by atoms with E-state index in [0.717, 1.165) is 30.1 Å². The first-order valence-corrected chi connectivity index (χ1v) is 6.86. The van der Waals surface area contributed by atoms with Crippen LogP contribution in [0.1, 0.15) is 51.8 Å². The van der Waals surface area contributed by atoms with Crippen molar-refractivity contribution in [1.29, 1.82) is 0 Å². The molecule has 1 aromatic heterocycles. The SMILES string of the molecule is CCCNC(CCC(C)C)c1ncccc1Cl. The standard InChI is InChI=1S/C14H23ClN2/c1-4-9-16-13(8-7-11(2)3)14-12(15)6-5-10-17-14/h5-6,10-11,13,16H,4,7-9H2,1-3H3. The van der Waals surface area contributed by atoms with E-state index in [-0.39, 0.29) is 6.04 Å². The summed E-state index contributed by atoms with van der Waals surface area (Å²) in [6, 6.07) is 4.08. The summed E-state index contributed by atoms with van der Waals surface area (Å²) in [6.45, 7) is 7.68. The fraction of sp³-hybridized carbons (Fsp3) is 0.643. The zero-order chi connectivity index (χ0) is 12.7. The van der Waals surface area contributed by atoms with E-state index in [1.807, 2.05) is 18.3 Å². The highest BCUT2D eigenvalue weighted by atomic mass is 35.5. The van der Waals surface area contributed by atoms with E-state index in [2.05, 4.69) is 31.1 Å². The molecule has 1 atom stereocenters. The predicted octanol–water partition coefficient (Wildman–Crippen LogP) is 4.21. The Labute approximate surface area is 110 Å². The molecule has 1 unspecified atom stereocenters. The molecular weight excluding hydrogens is 232 g/mol. The fourth-order valence-corrected chi connectivity index (χ4v) is 2.06. The molecule has 2 nitrogen and oxygen atoms in total. The van der Waals surface area contributed by atoms with Crippen LogP contribution in [0.15, 0.2) is 18.3 Å². The molecule has 1 aromatic rings. The van der Waals surface area contributed by atoms with Crippen LogP contribution < -0.4 is 5.32 Å². The Morgan fingerprint density at radius 3 is 2.71 bits per heavy atom. The van der Waals surface area contributed by atoms with Crippen molar-refractivity contribution in [2.45, 2.75) is 46.1 Å². The zero-order valence-corrected chi connectivity index (χ0v) is 11.8. The fourth-order valence-electron chi connectivity index (χ4n) is 1.81. The minimum Gasteiger partial charge on any atom is -0.309 e. The van der Waals surface area contributed by atoms with Crippen LogP contribution in [-0.2, 0) is 0 Å². The molecule has 0 spiro atoms. The number of rotatable bonds is 7. The number of hydrogen-bond acceptors (Lipinski definition) is 2. The van der Waals surface area contributed by atoms with Crippen LogP contribution in [0.3, 0.4) is 0 Å². The van der Waals surface area contributed by atoms with E-state index in [1.54, 1.807) is 0 Å². The van der Waals surface area contributed by atoms with E-state index in [1.165, 1.54) is 6.42 Å². The van der Waals surface area contributed by atoms with Crippen molar-refractivity contribution in [3.8, 4) is 0 Å². The zero-order valence-electron chi connectivity index (χ0n) is 11.0. The molecule has 1 heterocycles. The second-order valence-electron chi connectivity index (χ2n) is 4.85. The number of nitrogens with one attached hydrogen (secondary N) is 1. The van der Waals surface area contributed by atoms with Crippen LogP contribution in [0.25, 0.3) is 0 Å². The van der Waals surface area contributed by atoms with Crippen LogP contribution in [-0.4, -0.2) is 11.5 Å². The Kier molecular flexibility index (Phi) is 6.53. The van der Waals surface area contributed by atoms with Crippen molar-refractivity contribution in [3.05, 3.63) is 29.0 Å². The van der Waals surface area contributed by atoms with Crippen LogP contribution in [0.2, 0.25) is 5.02 Å². The molecule has 96 valence electrons. The topological polar surface area (TPSA) is 24.9 Å². The van der Waals surface area contributed by atoms with E-state index < -0.39 is 0 Å². The van der Waals surface area contributed by atoms with Crippen molar-refractivity contribution < 1.29 is 0 Å². The number of hydrogen-bond donors (Lipinski definition) is 1. The maximum absolute atomic E-state index is 6.21. The number of halogens is 1. The third kappa shape index (κ3) is 5.05. The first-order valence-electron chi connectivity index (χ1n) is 6.49. The van der Waals surface area contributed by atoms with E-state index in [4.69, 9.17) is 11.6 Å². The summed E-state index contributed by atoms with van der Waals surface area (Å²) < 4.78 is 0. The van der Waals surface area contributed by atoms with Gasteiger partial charge >= 0.3 is 0 Å². The second-order valence-corrected chi connectivity index (χ2v) is 5.26. The average molecular weight is 255 g/mol. The normalized spacial score (nSPS) is 13.0. The van der Waals surface area contributed by atoms with E-state index in [0.29, 0.717) is 5.92 Å². The lowest BCUT2D eigenvalue weighted by molar-refractivity contribution is 0.434. The summed E-state index contributed by atoms with van der Waals surface area (Å²) in [5.74, 6) is 0.711. The minimum absolute atomic E-state index is 0.283. The van der Waals surface area contributed by atoms with Gasteiger partial charge in [-0.1, -0.05) is 32.4 Å². The van der Waals surface area contributed by atoms with Gasteiger partial charge in [0, 0.05) is 6.20 Å². The van der Waals surface area contributed by atoms with Gasteiger partial charge in [0.2, 0.25) is 0 Å². The maximum atomic E-state index is 6.21. The van der Waals surface area contributed by atoms with Gasteiger partial charge in [0.1, 0.15) is 0 Å². The highest BCUT2D eigenvalue weighted by Crippen LogP contribution is 2.25. The van der Waals surface area contributed by atoms with Gasteiger partial charge in [0.25, 0.3) is 0 Å². The molecule has 0 fully saturated rings. The molecule has 1 rings (SSSR count). The molecule has 3 heteroatoms. The van der Waals surface area contributed by atoms with Gasteiger partial charge in [-0.05, 0) is 43.9 Å². The van der Waals surface area contributed by atoms with Gasteiger partial charge in [-0.2, -0.15) is 0 Å². The molecule has 0 aliphatic carbocycles. The van der Waals surface area contributed by atoms with Crippen molar-refractivity contribution in [1.82, 2.24) is 10.3 Å². The lowest BCUT2D eigenvalue weighted by atomic mass is 10.0. The van der Waals surface area contributed by atoms with Crippen LogP contribution in [0, 0.1) is 5.92 Å². The monoisotopic (exact) mass is 254 g/mol. The van der Waals surface area contributed by atoms with Crippen molar-refractivity contribution in [2.75, 3.05) is 6.54 Å². The highest BCUT2D eigenvalue weighted by molar-refractivity contribution is 6.31. The Morgan fingerprint density at radius 1 is 1.35 bits per heavy atom. The molecule has 0 aliphatic rings. The van der Waals surface area contributed by atoms with Gasteiger partial charge < -0.3 is 5.32 Å². The number of aromatic nitrogens is 1. The van der Waals surface area contributed by atoms with E-state index >= 15 is 0 Å². The Hall–Kier alpha value is -0.600. The van der Waals surface area contributed by atoms with Gasteiger partial charge in [0.05, 0.1) is 16.8 Å². The third-order valence-electron chi connectivity index (χ3n) is 2.79. The summed E-state index contributed by atoms with van der Waals surface area (Å²) in [5, 5.41) is 4.30. The minimum atomic E-state index is 0.283. The lowest BCUT2D eigenvalue weighted by Crippen LogP contribution is -2.23. The third-order valence-corrected chi connectivity index (χ3v) is 3.11. The summed E-state index contributed by atoms with van der Waals surface area (Å²) >= 11 is 6.21. The number of pyridine rings is 1.